The molecule has 0 saturated heterocycles. The van der Waals surface area contributed by atoms with E-state index < -0.39 is 12.1 Å². The van der Waals surface area contributed by atoms with E-state index in [1.165, 1.54) is 4.88 Å². The van der Waals surface area contributed by atoms with Crippen LogP contribution in [0.15, 0.2) is 15.9 Å². The molecule has 1 atom stereocenters. The van der Waals surface area contributed by atoms with E-state index in [1.807, 2.05) is 12.1 Å². The summed E-state index contributed by atoms with van der Waals surface area (Å²) in [5, 5.41) is 3.44. The molecule has 0 aliphatic heterocycles. The van der Waals surface area contributed by atoms with E-state index in [9.17, 15) is 13.2 Å². The van der Waals surface area contributed by atoms with Crippen molar-refractivity contribution >= 4 is 27.3 Å². The second kappa shape index (κ2) is 6.14. The molecule has 0 amide bonds. The Hall–Kier alpha value is -0.0700. The SMILES string of the molecule is CC(NC1CCC(C(F)(F)F)CC1)c1ccc(Br)s1. The molecule has 0 radical (unpaired) electrons. The molecule has 0 bridgehead atoms. The molecule has 19 heavy (non-hydrogen) atoms. The normalized spacial score (nSPS) is 26.4. The van der Waals surface area contributed by atoms with E-state index in [0.717, 1.165) is 3.79 Å². The summed E-state index contributed by atoms with van der Waals surface area (Å²) in [7, 11) is 0. The topological polar surface area (TPSA) is 12.0 Å². The smallest absolute Gasteiger partial charge is 0.307 e. The zero-order valence-electron chi connectivity index (χ0n) is 10.6. The first kappa shape index (κ1) is 15.3. The maximum Gasteiger partial charge on any atom is 0.391 e. The highest BCUT2D eigenvalue weighted by atomic mass is 79.9. The maximum atomic E-state index is 12.6. The molecule has 1 heterocycles. The molecule has 1 aliphatic carbocycles. The summed E-state index contributed by atoms with van der Waals surface area (Å²) in [6.45, 7) is 2.06. The number of halogens is 4. The molecular formula is C13H17BrF3NS. The van der Waals surface area contributed by atoms with Gasteiger partial charge in [-0.1, -0.05) is 0 Å². The van der Waals surface area contributed by atoms with Gasteiger partial charge in [-0.3, -0.25) is 0 Å². The maximum absolute atomic E-state index is 12.6. The largest absolute Gasteiger partial charge is 0.391 e. The minimum Gasteiger partial charge on any atom is -0.307 e. The molecular weight excluding hydrogens is 339 g/mol. The average Bonchev–Trinajstić information content (AvgIpc) is 2.75. The van der Waals surface area contributed by atoms with Crippen LogP contribution in [-0.2, 0) is 0 Å². The Morgan fingerprint density at radius 2 is 1.89 bits per heavy atom. The van der Waals surface area contributed by atoms with E-state index in [1.54, 1.807) is 11.3 Å². The first-order chi connectivity index (χ1) is 8.86. The predicted molar refractivity (Wildman–Crippen MR) is 75.4 cm³/mol. The standard InChI is InChI=1S/C13H17BrF3NS/c1-8(11-6-7-12(14)19-11)18-10-4-2-9(3-5-10)13(15,16)17/h6-10,18H,2-5H2,1H3. The lowest BCUT2D eigenvalue weighted by molar-refractivity contribution is -0.182. The first-order valence-electron chi connectivity index (χ1n) is 6.44. The molecule has 1 nitrogen and oxygen atoms in total. The van der Waals surface area contributed by atoms with E-state index in [4.69, 9.17) is 0 Å². The highest BCUT2D eigenvalue weighted by Gasteiger charge is 2.41. The first-order valence-corrected chi connectivity index (χ1v) is 8.05. The summed E-state index contributed by atoms with van der Waals surface area (Å²) in [6.07, 6.45) is -2.29. The van der Waals surface area contributed by atoms with Gasteiger partial charge in [-0.15, -0.1) is 11.3 Å². The zero-order chi connectivity index (χ0) is 14.0. The number of hydrogen-bond donors (Lipinski definition) is 1. The number of hydrogen-bond acceptors (Lipinski definition) is 2. The molecule has 0 aromatic carbocycles. The van der Waals surface area contributed by atoms with Crippen molar-refractivity contribution in [1.29, 1.82) is 0 Å². The summed E-state index contributed by atoms with van der Waals surface area (Å²) in [5.74, 6) is -1.10. The quantitative estimate of drug-likeness (QED) is 0.777. The number of thiophene rings is 1. The fourth-order valence-electron chi connectivity index (χ4n) is 2.58. The van der Waals surface area contributed by atoms with E-state index in [0.29, 0.717) is 12.8 Å². The van der Waals surface area contributed by atoms with Gasteiger partial charge >= 0.3 is 6.18 Å². The van der Waals surface area contributed by atoms with Crippen LogP contribution in [0.3, 0.4) is 0 Å². The molecule has 1 saturated carbocycles. The van der Waals surface area contributed by atoms with Gasteiger partial charge < -0.3 is 5.32 Å². The second-order valence-corrected chi connectivity index (χ2v) is 7.61. The monoisotopic (exact) mass is 355 g/mol. The van der Waals surface area contributed by atoms with Crippen molar-refractivity contribution in [3.8, 4) is 0 Å². The van der Waals surface area contributed by atoms with Crippen LogP contribution in [0.4, 0.5) is 13.2 Å². The number of alkyl halides is 3. The molecule has 1 fully saturated rings. The van der Waals surface area contributed by atoms with Crippen LogP contribution in [0.2, 0.25) is 0 Å². The average molecular weight is 356 g/mol. The van der Waals surface area contributed by atoms with Gasteiger partial charge in [0, 0.05) is 17.0 Å². The van der Waals surface area contributed by atoms with Gasteiger partial charge in [0.2, 0.25) is 0 Å². The molecule has 1 N–H and O–H groups in total. The van der Waals surface area contributed by atoms with Gasteiger partial charge in [-0.05, 0) is 60.7 Å². The summed E-state index contributed by atoms with van der Waals surface area (Å²) < 4.78 is 38.8. The zero-order valence-corrected chi connectivity index (χ0v) is 13.0. The van der Waals surface area contributed by atoms with E-state index in [-0.39, 0.29) is 24.9 Å². The Kier molecular flexibility index (Phi) is 4.95. The van der Waals surface area contributed by atoms with Crippen LogP contribution in [0.25, 0.3) is 0 Å². The van der Waals surface area contributed by atoms with Crippen LogP contribution in [0, 0.1) is 5.92 Å². The minimum absolute atomic E-state index is 0.198. The lowest BCUT2D eigenvalue weighted by Crippen LogP contribution is -2.37. The molecule has 1 aromatic rings. The van der Waals surface area contributed by atoms with Crippen LogP contribution in [-0.4, -0.2) is 12.2 Å². The molecule has 108 valence electrons. The summed E-state index contributed by atoms with van der Waals surface area (Å²) in [5.41, 5.74) is 0. The molecule has 6 heteroatoms. The van der Waals surface area contributed by atoms with Crippen molar-refractivity contribution in [2.45, 2.75) is 50.9 Å². The third-order valence-corrected chi connectivity index (χ3v) is 5.50. The lowest BCUT2D eigenvalue weighted by Gasteiger charge is -2.32. The van der Waals surface area contributed by atoms with Crippen molar-refractivity contribution in [2.24, 2.45) is 5.92 Å². The van der Waals surface area contributed by atoms with Gasteiger partial charge in [-0.2, -0.15) is 13.2 Å². The molecule has 1 aliphatic rings. The van der Waals surface area contributed by atoms with Crippen LogP contribution >= 0.6 is 27.3 Å². The van der Waals surface area contributed by atoms with E-state index in [2.05, 4.69) is 28.2 Å². The van der Waals surface area contributed by atoms with Crippen molar-refractivity contribution in [1.82, 2.24) is 5.32 Å². The van der Waals surface area contributed by atoms with Crippen molar-refractivity contribution in [3.05, 3.63) is 20.8 Å². The highest BCUT2D eigenvalue weighted by molar-refractivity contribution is 9.11. The third kappa shape index (κ3) is 4.20. The van der Waals surface area contributed by atoms with Gasteiger partial charge in [0.25, 0.3) is 0 Å². The lowest BCUT2D eigenvalue weighted by atomic mass is 9.85. The van der Waals surface area contributed by atoms with Crippen molar-refractivity contribution in [2.75, 3.05) is 0 Å². The molecule has 0 spiro atoms. The Morgan fingerprint density at radius 3 is 2.37 bits per heavy atom. The van der Waals surface area contributed by atoms with Crippen LogP contribution < -0.4 is 5.32 Å². The Morgan fingerprint density at radius 1 is 1.26 bits per heavy atom. The fraction of sp³-hybridized carbons (Fsp3) is 0.692. The molecule has 1 unspecified atom stereocenters. The van der Waals surface area contributed by atoms with Crippen LogP contribution in [0.1, 0.15) is 43.5 Å². The van der Waals surface area contributed by atoms with Crippen molar-refractivity contribution in [3.63, 3.8) is 0 Å². The molecule has 1 aromatic heterocycles. The Bertz CT molecular complexity index is 410. The van der Waals surface area contributed by atoms with Gasteiger partial charge in [0.1, 0.15) is 0 Å². The second-order valence-electron chi connectivity index (χ2n) is 5.12. The molecule has 2 rings (SSSR count). The van der Waals surface area contributed by atoms with Gasteiger partial charge in [0.05, 0.1) is 9.70 Å². The Balaban J connectivity index is 1.82. The Labute approximate surface area is 123 Å². The van der Waals surface area contributed by atoms with Gasteiger partial charge in [-0.25, -0.2) is 0 Å². The number of nitrogens with one attached hydrogen (secondary N) is 1. The number of rotatable bonds is 3. The van der Waals surface area contributed by atoms with E-state index >= 15 is 0 Å². The third-order valence-electron chi connectivity index (χ3n) is 3.70. The fourth-order valence-corrected chi connectivity index (χ4v) is 4.02. The van der Waals surface area contributed by atoms with Crippen molar-refractivity contribution < 1.29 is 13.2 Å². The summed E-state index contributed by atoms with van der Waals surface area (Å²) in [4.78, 5) is 1.21. The van der Waals surface area contributed by atoms with Gasteiger partial charge in [0.15, 0.2) is 0 Å². The predicted octanol–water partition coefficient (Wildman–Crippen LogP) is 5.28. The van der Waals surface area contributed by atoms with Crippen LogP contribution in [0.5, 0.6) is 0 Å². The minimum atomic E-state index is -4.02. The highest BCUT2D eigenvalue weighted by Crippen LogP contribution is 2.38. The summed E-state index contributed by atoms with van der Waals surface area (Å²) in [6, 6.07) is 4.45. The summed E-state index contributed by atoms with van der Waals surface area (Å²) >= 11 is 5.08.